The Morgan fingerprint density at radius 1 is 1.38 bits per heavy atom. The van der Waals surface area contributed by atoms with Crippen molar-refractivity contribution in [3.05, 3.63) is 11.7 Å². The third-order valence-electron chi connectivity index (χ3n) is 2.77. The average Bonchev–Trinajstić information content (AvgIpc) is 2.70. The third kappa shape index (κ3) is 2.66. The molecule has 1 aromatic rings. The minimum Gasteiger partial charge on any atom is -0.338 e. The molecule has 0 atom stereocenters. The zero-order valence-electron chi connectivity index (χ0n) is 9.77. The van der Waals surface area contributed by atoms with Crippen molar-refractivity contribution in [1.29, 1.82) is 0 Å². The minimum absolute atomic E-state index is 0.292. The van der Waals surface area contributed by atoms with Crippen LogP contribution in [-0.4, -0.2) is 33.9 Å². The summed E-state index contributed by atoms with van der Waals surface area (Å²) in [6, 6.07) is 0. The van der Waals surface area contributed by atoms with Crippen molar-refractivity contribution in [2.24, 2.45) is 0 Å². The number of ketones is 1. The maximum Gasteiger partial charge on any atom is 0.240 e. The lowest BCUT2D eigenvalue weighted by molar-refractivity contribution is -0.121. The highest BCUT2D eigenvalue weighted by molar-refractivity contribution is 5.79. The average molecular weight is 223 g/mol. The predicted molar refractivity (Wildman–Crippen MR) is 57.9 cm³/mol. The number of hydrogen-bond acceptors (Lipinski definition) is 5. The summed E-state index contributed by atoms with van der Waals surface area (Å²) in [5, 5.41) is 3.92. The monoisotopic (exact) mass is 223 g/mol. The highest BCUT2D eigenvalue weighted by atomic mass is 16.5. The molecule has 0 radical (unpaired) electrons. The number of rotatable bonds is 3. The van der Waals surface area contributed by atoms with Gasteiger partial charge >= 0.3 is 0 Å². The topological polar surface area (TPSA) is 59.2 Å². The van der Waals surface area contributed by atoms with Crippen LogP contribution in [0.3, 0.4) is 0 Å². The van der Waals surface area contributed by atoms with Gasteiger partial charge in [0.2, 0.25) is 5.89 Å². The second-order valence-corrected chi connectivity index (χ2v) is 4.52. The molecule has 1 fully saturated rings. The summed E-state index contributed by atoms with van der Waals surface area (Å²) >= 11 is 0. The predicted octanol–water partition coefficient (Wildman–Crippen LogP) is 1.36. The molecule has 1 aliphatic heterocycles. The van der Waals surface area contributed by atoms with Gasteiger partial charge in [-0.05, 0) is 0 Å². The van der Waals surface area contributed by atoms with Crippen molar-refractivity contribution in [2.45, 2.75) is 39.2 Å². The molecule has 0 spiro atoms. The lowest BCUT2D eigenvalue weighted by Crippen LogP contribution is -2.33. The summed E-state index contributed by atoms with van der Waals surface area (Å²) in [6.07, 6.45) is 1.29. The highest BCUT2D eigenvalue weighted by Gasteiger charge is 2.19. The van der Waals surface area contributed by atoms with Gasteiger partial charge in [0.25, 0.3) is 0 Å². The van der Waals surface area contributed by atoms with Crippen molar-refractivity contribution in [1.82, 2.24) is 15.0 Å². The number of carbonyl (C=O) groups is 1. The number of hydrogen-bond donors (Lipinski definition) is 0. The molecule has 1 aromatic heterocycles. The van der Waals surface area contributed by atoms with Crippen molar-refractivity contribution < 1.29 is 9.32 Å². The molecular weight excluding hydrogens is 206 g/mol. The van der Waals surface area contributed by atoms with Gasteiger partial charge in [-0.15, -0.1) is 0 Å². The van der Waals surface area contributed by atoms with E-state index < -0.39 is 0 Å². The quantitative estimate of drug-likeness (QED) is 0.774. The van der Waals surface area contributed by atoms with Crippen LogP contribution >= 0.6 is 0 Å². The van der Waals surface area contributed by atoms with Crippen LogP contribution in [0.4, 0.5) is 0 Å². The van der Waals surface area contributed by atoms with Crippen LogP contribution in [0.2, 0.25) is 0 Å². The van der Waals surface area contributed by atoms with Gasteiger partial charge in [-0.25, -0.2) is 0 Å². The number of piperidine rings is 1. The normalized spacial score (nSPS) is 18.3. The summed E-state index contributed by atoms with van der Waals surface area (Å²) in [7, 11) is 0. The first kappa shape index (κ1) is 11.3. The van der Waals surface area contributed by atoms with Gasteiger partial charge in [0.05, 0.1) is 6.54 Å². The summed E-state index contributed by atoms with van der Waals surface area (Å²) in [5.41, 5.74) is 0. The van der Waals surface area contributed by atoms with E-state index >= 15 is 0 Å². The molecule has 0 N–H and O–H groups in total. The fourth-order valence-corrected chi connectivity index (χ4v) is 1.72. The number of nitrogens with zero attached hydrogens (tertiary/aromatic N) is 3. The molecule has 0 unspecified atom stereocenters. The molecule has 88 valence electrons. The van der Waals surface area contributed by atoms with Crippen molar-refractivity contribution in [3.63, 3.8) is 0 Å². The number of carbonyl (C=O) groups excluding carboxylic acids is 1. The van der Waals surface area contributed by atoms with Crippen LogP contribution in [0.5, 0.6) is 0 Å². The zero-order chi connectivity index (χ0) is 11.5. The molecule has 1 aliphatic rings. The van der Waals surface area contributed by atoms with E-state index in [1.54, 1.807) is 0 Å². The molecule has 0 aliphatic carbocycles. The lowest BCUT2D eigenvalue weighted by atomic mass is 10.1. The van der Waals surface area contributed by atoms with E-state index in [1.807, 2.05) is 13.8 Å². The van der Waals surface area contributed by atoms with Gasteiger partial charge in [-0.2, -0.15) is 4.98 Å². The Balaban J connectivity index is 1.91. The van der Waals surface area contributed by atoms with E-state index in [0.717, 1.165) is 18.9 Å². The number of aromatic nitrogens is 2. The Bertz CT molecular complexity index is 363. The first-order valence-corrected chi connectivity index (χ1v) is 5.71. The molecule has 1 saturated heterocycles. The van der Waals surface area contributed by atoms with Gasteiger partial charge in [-0.3, -0.25) is 9.69 Å². The van der Waals surface area contributed by atoms with Gasteiger partial charge in [0.1, 0.15) is 5.78 Å². The van der Waals surface area contributed by atoms with E-state index in [1.165, 1.54) is 0 Å². The van der Waals surface area contributed by atoms with Crippen LogP contribution in [0.15, 0.2) is 4.52 Å². The molecule has 2 rings (SSSR count). The van der Waals surface area contributed by atoms with Crippen LogP contribution in [0.1, 0.15) is 44.3 Å². The van der Waals surface area contributed by atoms with Crippen LogP contribution in [0.25, 0.3) is 0 Å². The van der Waals surface area contributed by atoms with Gasteiger partial charge < -0.3 is 4.52 Å². The minimum atomic E-state index is 0.292. The largest absolute Gasteiger partial charge is 0.338 e. The Labute approximate surface area is 94.8 Å². The van der Waals surface area contributed by atoms with E-state index in [2.05, 4.69) is 15.0 Å². The van der Waals surface area contributed by atoms with E-state index in [-0.39, 0.29) is 0 Å². The van der Waals surface area contributed by atoms with Gasteiger partial charge in [0.15, 0.2) is 5.82 Å². The molecule has 2 heterocycles. The van der Waals surface area contributed by atoms with Crippen molar-refractivity contribution in [2.75, 3.05) is 13.1 Å². The number of Topliss-reactive ketones (excluding diaryl/α,β-unsaturated/α-hetero) is 1. The molecule has 0 saturated carbocycles. The Morgan fingerprint density at radius 2 is 2.06 bits per heavy atom. The highest BCUT2D eigenvalue weighted by Crippen LogP contribution is 2.13. The molecular formula is C11H17N3O2. The van der Waals surface area contributed by atoms with Crippen molar-refractivity contribution in [3.8, 4) is 0 Å². The lowest BCUT2D eigenvalue weighted by Gasteiger charge is -2.23. The fraction of sp³-hybridized carbons (Fsp3) is 0.727. The van der Waals surface area contributed by atoms with Gasteiger partial charge in [-0.1, -0.05) is 19.0 Å². The van der Waals surface area contributed by atoms with Gasteiger partial charge in [0, 0.05) is 31.8 Å². The molecule has 0 bridgehead atoms. The first-order chi connectivity index (χ1) is 7.65. The zero-order valence-corrected chi connectivity index (χ0v) is 9.77. The van der Waals surface area contributed by atoms with E-state index in [9.17, 15) is 4.79 Å². The maximum absolute atomic E-state index is 11.1. The van der Waals surface area contributed by atoms with Crippen LogP contribution < -0.4 is 0 Å². The van der Waals surface area contributed by atoms with Crippen LogP contribution in [0, 0.1) is 0 Å². The molecule has 5 heteroatoms. The number of likely N-dealkylation sites (tertiary alicyclic amines) is 1. The second-order valence-electron chi connectivity index (χ2n) is 4.52. The smallest absolute Gasteiger partial charge is 0.240 e. The summed E-state index contributed by atoms with van der Waals surface area (Å²) in [4.78, 5) is 17.6. The summed E-state index contributed by atoms with van der Waals surface area (Å²) < 4.78 is 5.17. The summed E-state index contributed by atoms with van der Waals surface area (Å²) in [5.74, 6) is 2.05. The van der Waals surface area contributed by atoms with Crippen molar-refractivity contribution >= 4 is 5.78 Å². The van der Waals surface area contributed by atoms with E-state index in [0.29, 0.717) is 37.0 Å². The first-order valence-electron chi connectivity index (χ1n) is 5.71. The summed E-state index contributed by atoms with van der Waals surface area (Å²) in [6.45, 7) is 6.34. The Hall–Kier alpha value is -1.23. The Morgan fingerprint density at radius 3 is 2.62 bits per heavy atom. The fourth-order valence-electron chi connectivity index (χ4n) is 1.72. The second kappa shape index (κ2) is 4.74. The molecule has 0 aromatic carbocycles. The standard InChI is InChI=1S/C11H17N3O2/c1-8(2)11-12-10(16-13-11)7-14-5-3-9(15)4-6-14/h8H,3-7H2,1-2H3. The maximum atomic E-state index is 11.1. The SMILES string of the molecule is CC(C)c1noc(CN2CCC(=O)CC2)n1. The van der Waals surface area contributed by atoms with E-state index in [4.69, 9.17) is 4.52 Å². The molecule has 5 nitrogen and oxygen atoms in total. The third-order valence-corrected chi connectivity index (χ3v) is 2.77. The Kier molecular flexibility index (Phi) is 3.33. The van der Waals surface area contributed by atoms with Crippen LogP contribution in [-0.2, 0) is 11.3 Å². The molecule has 0 amide bonds. The molecule has 16 heavy (non-hydrogen) atoms.